The molecule has 1 unspecified atom stereocenters. The van der Waals surface area contributed by atoms with Crippen LogP contribution in [0.3, 0.4) is 0 Å². The molecule has 1 aliphatic rings. The Balaban J connectivity index is 2.30. The lowest BCUT2D eigenvalue weighted by molar-refractivity contribution is 0.121. The zero-order valence-corrected chi connectivity index (χ0v) is 7.34. The van der Waals surface area contributed by atoms with E-state index in [-0.39, 0.29) is 6.10 Å². The van der Waals surface area contributed by atoms with Crippen molar-refractivity contribution >= 4 is 0 Å². The lowest BCUT2D eigenvalue weighted by Crippen LogP contribution is -2.38. The molecule has 0 saturated carbocycles. The minimum Gasteiger partial charge on any atom is -0.392 e. The average molecular weight is 157 g/mol. The molecule has 1 fully saturated rings. The molecule has 0 aromatic rings. The summed E-state index contributed by atoms with van der Waals surface area (Å²) >= 11 is 0. The monoisotopic (exact) mass is 157 g/mol. The second-order valence-electron chi connectivity index (χ2n) is 3.39. The zero-order valence-electron chi connectivity index (χ0n) is 7.34. The van der Waals surface area contributed by atoms with Crippen LogP contribution in [0.4, 0.5) is 0 Å². The normalized spacial score (nSPS) is 29.5. The van der Waals surface area contributed by atoms with Gasteiger partial charge in [0.1, 0.15) is 0 Å². The lowest BCUT2D eigenvalue weighted by Gasteiger charge is -2.20. The lowest BCUT2D eigenvalue weighted by atomic mass is 10.0. The third kappa shape index (κ3) is 2.80. The largest absolute Gasteiger partial charge is 0.392 e. The van der Waals surface area contributed by atoms with E-state index in [0.29, 0.717) is 6.04 Å². The Morgan fingerprint density at radius 3 is 3.00 bits per heavy atom. The van der Waals surface area contributed by atoms with Gasteiger partial charge in [0.05, 0.1) is 6.10 Å². The maximum atomic E-state index is 9.55. The van der Waals surface area contributed by atoms with Gasteiger partial charge in [-0.1, -0.05) is 19.8 Å². The number of aliphatic hydroxyl groups is 1. The van der Waals surface area contributed by atoms with Crippen molar-refractivity contribution in [3.63, 3.8) is 0 Å². The first-order valence-electron chi connectivity index (χ1n) is 4.76. The van der Waals surface area contributed by atoms with Gasteiger partial charge < -0.3 is 10.4 Å². The van der Waals surface area contributed by atoms with Crippen LogP contribution in [0, 0.1) is 0 Å². The highest BCUT2D eigenvalue weighted by molar-refractivity contribution is 4.76. The third-order valence-corrected chi connectivity index (χ3v) is 2.48. The van der Waals surface area contributed by atoms with Gasteiger partial charge in [-0.15, -0.1) is 0 Å². The van der Waals surface area contributed by atoms with Crippen LogP contribution in [-0.2, 0) is 0 Å². The number of aliphatic hydroxyl groups excluding tert-OH is 1. The summed E-state index contributed by atoms with van der Waals surface area (Å²) in [6, 6.07) is 0.363. The summed E-state index contributed by atoms with van der Waals surface area (Å²) in [6.45, 7) is 3.12. The zero-order chi connectivity index (χ0) is 8.10. The molecule has 0 spiro atoms. The van der Waals surface area contributed by atoms with E-state index in [4.69, 9.17) is 0 Å². The molecule has 1 aliphatic heterocycles. The molecule has 2 N–H and O–H groups in total. The van der Waals surface area contributed by atoms with Crippen LogP contribution in [0.15, 0.2) is 0 Å². The van der Waals surface area contributed by atoms with E-state index in [0.717, 1.165) is 19.4 Å². The summed E-state index contributed by atoms with van der Waals surface area (Å²) in [7, 11) is 0. The first-order chi connectivity index (χ1) is 5.34. The Bertz CT molecular complexity index is 97.7. The first-order valence-corrected chi connectivity index (χ1v) is 4.76. The fraction of sp³-hybridized carbons (Fsp3) is 1.00. The van der Waals surface area contributed by atoms with Gasteiger partial charge in [0.2, 0.25) is 0 Å². The second-order valence-corrected chi connectivity index (χ2v) is 3.39. The van der Waals surface area contributed by atoms with Gasteiger partial charge in [-0.2, -0.15) is 0 Å². The minimum absolute atomic E-state index is 0.131. The molecule has 11 heavy (non-hydrogen) atoms. The maximum absolute atomic E-state index is 9.55. The minimum atomic E-state index is -0.131. The molecule has 2 atom stereocenters. The fourth-order valence-electron chi connectivity index (χ4n) is 1.67. The van der Waals surface area contributed by atoms with E-state index in [1.165, 1.54) is 19.3 Å². The third-order valence-electron chi connectivity index (χ3n) is 2.48. The molecule has 0 aromatic carbocycles. The van der Waals surface area contributed by atoms with Crippen LogP contribution in [0.1, 0.15) is 39.0 Å². The summed E-state index contributed by atoms with van der Waals surface area (Å²) in [4.78, 5) is 0. The molecule has 1 saturated heterocycles. The van der Waals surface area contributed by atoms with Gasteiger partial charge in [-0.25, -0.2) is 0 Å². The Morgan fingerprint density at radius 2 is 2.27 bits per heavy atom. The van der Waals surface area contributed by atoms with Crippen LogP contribution in [0.2, 0.25) is 0 Å². The Kier molecular flexibility index (Phi) is 3.87. The molecule has 2 nitrogen and oxygen atoms in total. The Hall–Kier alpha value is -0.0800. The van der Waals surface area contributed by atoms with Crippen LogP contribution in [0.25, 0.3) is 0 Å². The van der Waals surface area contributed by atoms with Gasteiger partial charge in [0.25, 0.3) is 0 Å². The Labute approximate surface area is 69.0 Å². The summed E-state index contributed by atoms with van der Waals surface area (Å²) in [5.41, 5.74) is 0. The van der Waals surface area contributed by atoms with Crippen molar-refractivity contribution in [2.75, 3.05) is 6.54 Å². The van der Waals surface area contributed by atoms with Crippen molar-refractivity contribution in [1.82, 2.24) is 5.32 Å². The predicted octanol–water partition coefficient (Wildman–Crippen LogP) is 1.29. The van der Waals surface area contributed by atoms with Gasteiger partial charge in [0.15, 0.2) is 0 Å². The molecule has 0 aromatic heterocycles. The summed E-state index contributed by atoms with van der Waals surface area (Å²) < 4.78 is 0. The standard InChI is InChI=1S/C9H19NO/c1-2-9(11)8-6-4-3-5-7-10-8/h8-11H,2-7H2,1H3/t8-,9?/m0/s1. The predicted molar refractivity (Wildman–Crippen MR) is 46.6 cm³/mol. The highest BCUT2D eigenvalue weighted by atomic mass is 16.3. The molecular weight excluding hydrogens is 138 g/mol. The molecule has 0 radical (unpaired) electrons. The fourth-order valence-corrected chi connectivity index (χ4v) is 1.67. The maximum Gasteiger partial charge on any atom is 0.0690 e. The van der Waals surface area contributed by atoms with Crippen molar-refractivity contribution in [3.8, 4) is 0 Å². The highest BCUT2D eigenvalue weighted by Gasteiger charge is 2.17. The molecule has 0 bridgehead atoms. The quantitative estimate of drug-likeness (QED) is 0.633. The number of hydrogen-bond acceptors (Lipinski definition) is 2. The van der Waals surface area contributed by atoms with Crippen molar-refractivity contribution < 1.29 is 5.11 Å². The summed E-state index contributed by atoms with van der Waals surface area (Å²) in [5, 5.41) is 12.9. The second kappa shape index (κ2) is 4.73. The van der Waals surface area contributed by atoms with Crippen molar-refractivity contribution in [3.05, 3.63) is 0 Å². The van der Waals surface area contributed by atoms with Crippen molar-refractivity contribution in [2.45, 2.75) is 51.2 Å². The summed E-state index contributed by atoms with van der Waals surface area (Å²) in [6.07, 6.45) is 5.75. The van der Waals surface area contributed by atoms with E-state index in [2.05, 4.69) is 5.32 Å². The van der Waals surface area contributed by atoms with Crippen molar-refractivity contribution in [2.24, 2.45) is 0 Å². The highest BCUT2D eigenvalue weighted by Crippen LogP contribution is 2.12. The van der Waals surface area contributed by atoms with Crippen LogP contribution < -0.4 is 5.32 Å². The Morgan fingerprint density at radius 1 is 1.45 bits per heavy atom. The van der Waals surface area contributed by atoms with E-state index in [1.807, 2.05) is 6.92 Å². The van der Waals surface area contributed by atoms with E-state index >= 15 is 0 Å². The van der Waals surface area contributed by atoms with E-state index in [9.17, 15) is 5.11 Å². The number of nitrogens with one attached hydrogen (secondary N) is 1. The molecule has 1 heterocycles. The van der Waals surface area contributed by atoms with Gasteiger partial charge in [-0.3, -0.25) is 0 Å². The molecular formula is C9H19NO. The summed E-state index contributed by atoms with van der Waals surface area (Å²) in [5.74, 6) is 0. The molecule has 0 aliphatic carbocycles. The smallest absolute Gasteiger partial charge is 0.0690 e. The molecule has 2 heteroatoms. The van der Waals surface area contributed by atoms with Gasteiger partial charge >= 0.3 is 0 Å². The van der Waals surface area contributed by atoms with Gasteiger partial charge in [0, 0.05) is 6.04 Å². The molecule has 0 amide bonds. The average Bonchev–Trinajstić information content (AvgIpc) is 2.30. The topological polar surface area (TPSA) is 32.3 Å². The first kappa shape index (κ1) is 9.01. The van der Waals surface area contributed by atoms with Crippen molar-refractivity contribution in [1.29, 1.82) is 0 Å². The number of rotatable bonds is 2. The number of hydrogen-bond donors (Lipinski definition) is 2. The van der Waals surface area contributed by atoms with Gasteiger partial charge in [-0.05, 0) is 25.8 Å². The van der Waals surface area contributed by atoms with E-state index < -0.39 is 0 Å². The SMILES string of the molecule is CCC(O)[C@@H]1CCCCCN1. The molecule has 1 rings (SSSR count). The van der Waals surface area contributed by atoms with Crippen LogP contribution in [0.5, 0.6) is 0 Å². The van der Waals surface area contributed by atoms with E-state index in [1.54, 1.807) is 0 Å². The van der Waals surface area contributed by atoms with Crippen LogP contribution in [-0.4, -0.2) is 23.8 Å². The molecule has 66 valence electrons. The van der Waals surface area contributed by atoms with Crippen LogP contribution >= 0.6 is 0 Å².